The number of sulfone groups is 1. The first-order valence-corrected chi connectivity index (χ1v) is 10.9. The van der Waals surface area contributed by atoms with Gasteiger partial charge in [-0.1, -0.05) is 6.92 Å². The Bertz CT molecular complexity index is 1290. The molecule has 0 aliphatic rings. The molecule has 0 bridgehead atoms. The lowest BCUT2D eigenvalue weighted by molar-refractivity contribution is -0.0384. The van der Waals surface area contributed by atoms with Gasteiger partial charge in [-0.3, -0.25) is 4.98 Å². The molecule has 0 amide bonds. The Morgan fingerprint density at radius 2 is 1.97 bits per heavy atom. The third-order valence-electron chi connectivity index (χ3n) is 4.19. The Balaban J connectivity index is 2.25. The number of halogens is 3. The Morgan fingerprint density at radius 1 is 1.28 bits per heavy atom. The molecule has 12 heteroatoms. The zero-order valence-corrected chi connectivity index (χ0v) is 16.7. The van der Waals surface area contributed by atoms with Gasteiger partial charge in [0.2, 0.25) is 0 Å². The molecule has 7 nitrogen and oxygen atoms in total. The van der Waals surface area contributed by atoms with Crippen molar-refractivity contribution in [2.24, 2.45) is 7.05 Å². The van der Waals surface area contributed by atoms with Crippen molar-refractivity contribution in [3.8, 4) is 17.6 Å². The number of alkyl halides is 3. The van der Waals surface area contributed by atoms with E-state index in [-0.39, 0.29) is 33.2 Å². The number of fused-ring (bicyclic) bond motifs is 1. The molecule has 0 aliphatic carbocycles. The topological polar surface area (TPSA) is 106 Å². The van der Waals surface area contributed by atoms with Crippen molar-refractivity contribution in [2.75, 3.05) is 5.75 Å². The zero-order chi connectivity index (χ0) is 21.6. The van der Waals surface area contributed by atoms with E-state index in [9.17, 15) is 25.8 Å². The molecule has 0 saturated carbocycles. The SMILES string of the molecule is CCS(=O)(=O)c1cc(C#N)cnc1-c1nc2cc(S(=O)C(F)(F)F)ccc2n1C. The summed E-state index contributed by atoms with van der Waals surface area (Å²) in [5, 5.41) is 9.05. The van der Waals surface area contributed by atoms with E-state index in [1.54, 1.807) is 7.05 Å². The summed E-state index contributed by atoms with van der Waals surface area (Å²) in [5.41, 5.74) is -4.40. The number of hydrogen-bond acceptors (Lipinski definition) is 6. The number of aryl methyl sites for hydroxylation is 1. The first-order chi connectivity index (χ1) is 13.5. The van der Waals surface area contributed by atoms with Crippen molar-refractivity contribution in [1.29, 1.82) is 5.26 Å². The van der Waals surface area contributed by atoms with Crippen LogP contribution in [0, 0.1) is 11.3 Å². The number of hydrogen-bond donors (Lipinski definition) is 0. The number of pyridine rings is 1. The molecule has 1 unspecified atom stereocenters. The van der Waals surface area contributed by atoms with Crippen LogP contribution in [0.2, 0.25) is 0 Å². The molecule has 29 heavy (non-hydrogen) atoms. The highest BCUT2D eigenvalue weighted by Crippen LogP contribution is 2.32. The van der Waals surface area contributed by atoms with Crippen LogP contribution in [-0.2, 0) is 27.7 Å². The summed E-state index contributed by atoms with van der Waals surface area (Å²) in [6.07, 6.45) is 1.19. The summed E-state index contributed by atoms with van der Waals surface area (Å²) in [7, 11) is -5.44. The van der Waals surface area contributed by atoms with Gasteiger partial charge in [0.1, 0.15) is 11.8 Å². The minimum Gasteiger partial charge on any atom is -0.326 e. The lowest BCUT2D eigenvalue weighted by Crippen LogP contribution is -2.16. The van der Waals surface area contributed by atoms with Crippen LogP contribution in [0.1, 0.15) is 12.5 Å². The first kappa shape index (κ1) is 20.9. The van der Waals surface area contributed by atoms with Crippen LogP contribution in [0.5, 0.6) is 0 Å². The quantitative estimate of drug-likeness (QED) is 0.615. The van der Waals surface area contributed by atoms with Crippen molar-refractivity contribution >= 4 is 31.7 Å². The van der Waals surface area contributed by atoms with E-state index in [1.165, 1.54) is 29.8 Å². The van der Waals surface area contributed by atoms with Crippen LogP contribution >= 0.6 is 0 Å². The van der Waals surface area contributed by atoms with Crippen LogP contribution < -0.4 is 0 Å². The Labute approximate surface area is 166 Å². The van der Waals surface area contributed by atoms with Gasteiger partial charge in [-0.25, -0.2) is 17.6 Å². The normalized spacial score (nSPS) is 13.4. The van der Waals surface area contributed by atoms with Crippen LogP contribution in [0.3, 0.4) is 0 Å². The molecule has 152 valence electrons. The third-order valence-corrected chi connectivity index (χ3v) is 7.03. The molecule has 0 spiro atoms. The molecule has 0 aliphatic heterocycles. The lowest BCUT2D eigenvalue weighted by atomic mass is 10.2. The van der Waals surface area contributed by atoms with Gasteiger partial charge < -0.3 is 4.57 Å². The highest BCUT2D eigenvalue weighted by atomic mass is 32.2. The number of imidazole rings is 1. The van der Waals surface area contributed by atoms with Crippen LogP contribution in [0.15, 0.2) is 40.3 Å². The number of benzene rings is 1. The summed E-state index contributed by atoms with van der Waals surface area (Å²) < 4.78 is 76.3. The molecule has 1 atom stereocenters. The zero-order valence-electron chi connectivity index (χ0n) is 15.1. The molecule has 2 heterocycles. The minimum atomic E-state index is -4.91. The minimum absolute atomic E-state index is 0.0250. The fourth-order valence-corrected chi connectivity index (χ4v) is 4.44. The van der Waals surface area contributed by atoms with Gasteiger partial charge in [0.15, 0.2) is 26.5 Å². The Hall–Kier alpha value is -2.78. The molecule has 0 fully saturated rings. The average molecular weight is 442 g/mol. The fraction of sp³-hybridized carbons (Fsp3) is 0.235. The second-order valence-electron chi connectivity index (χ2n) is 5.95. The molecule has 0 radical (unpaired) electrons. The number of rotatable bonds is 4. The molecule has 3 aromatic rings. The maximum atomic E-state index is 12.8. The highest BCUT2D eigenvalue weighted by molar-refractivity contribution is 7.91. The van der Waals surface area contributed by atoms with Crippen molar-refractivity contribution < 1.29 is 25.8 Å². The molecule has 2 aromatic heterocycles. The van der Waals surface area contributed by atoms with E-state index in [4.69, 9.17) is 5.26 Å². The van der Waals surface area contributed by atoms with Gasteiger partial charge in [-0.2, -0.15) is 18.4 Å². The van der Waals surface area contributed by atoms with Crippen molar-refractivity contribution in [3.63, 3.8) is 0 Å². The summed E-state index contributed by atoms with van der Waals surface area (Å²) in [4.78, 5) is 7.62. The summed E-state index contributed by atoms with van der Waals surface area (Å²) >= 11 is 0. The van der Waals surface area contributed by atoms with Crippen molar-refractivity contribution in [2.45, 2.75) is 22.2 Å². The number of nitrogens with zero attached hydrogens (tertiary/aromatic N) is 4. The van der Waals surface area contributed by atoms with Crippen LogP contribution in [0.4, 0.5) is 13.2 Å². The van der Waals surface area contributed by atoms with E-state index in [2.05, 4.69) is 9.97 Å². The molecular weight excluding hydrogens is 429 g/mol. The van der Waals surface area contributed by atoms with Gasteiger partial charge in [0.25, 0.3) is 0 Å². The molecule has 0 saturated heterocycles. The Morgan fingerprint density at radius 3 is 2.55 bits per heavy atom. The van der Waals surface area contributed by atoms with Gasteiger partial charge in [0.05, 0.1) is 32.1 Å². The Kier molecular flexibility index (Phi) is 5.22. The van der Waals surface area contributed by atoms with Crippen LogP contribution in [0.25, 0.3) is 22.6 Å². The average Bonchev–Trinajstić information content (AvgIpc) is 3.02. The predicted octanol–water partition coefficient (Wildman–Crippen LogP) is 2.93. The summed E-state index contributed by atoms with van der Waals surface area (Å²) in [6.45, 7) is 1.44. The van der Waals surface area contributed by atoms with Gasteiger partial charge >= 0.3 is 5.51 Å². The monoisotopic (exact) mass is 442 g/mol. The molecule has 3 rings (SSSR count). The van der Waals surface area contributed by atoms with E-state index in [0.29, 0.717) is 5.52 Å². The van der Waals surface area contributed by atoms with Gasteiger partial charge in [-0.15, -0.1) is 0 Å². The van der Waals surface area contributed by atoms with E-state index in [1.807, 2.05) is 6.07 Å². The highest BCUT2D eigenvalue weighted by Gasteiger charge is 2.38. The third kappa shape index (κ3) is 3.75. The van der Waals surface area contributed by atoms with Crippen molar-refractivity contribution in [3.05, 3.63) is 36.0 Å². The largest absolute Gasteiger partial charge is 0.475 e. The van der Waals surface area contributed by atoms with Crippen LogP contribution in [-0.4, -0.2) is 38.4 Å². The lowest BCUT2D eigenvalue weighted by Gasteiger charge is -2.09. The summed E-state index contributed by atoms with van der Waals surface area (Å²) in [6, 6.07) is 6.45. The molecule has 0 N–H and O–H groups in total. The number of nitriles is 1. The maximum Gasteiger partial charge on any atom is 0.475 e. The number of aromatic nitrogens is 3. The standard InChI is InChI=1S/C17H13F3N4O3S2/c1-3-29(26,27)14-6-10(8-21)9-22-15(14)16-23-12-7-11(28(25)17(18,19)20)4-5-13(12)24(16)2/h4-7,9H,3H2,1-2H3. The first-order valence-electron chi connectivity index (χ1n) is 8.08. The van der Waals surface area contributed by atoms with Crippen molar-refractivity contribution in [1.82, 2.24) is 14.5 Å². The predicted molar refractivity (Wildman–Crippen MR) is 98.9 cm³/mol. The smallest absolute Gasteiger partial charge is 0.326 e. The van der Waals surface area contributed by atoms with E-state index < -0.39 is 31.0 Å². The second-order valence-corrected chi connectivity index (χ2v) is 9.66. The maximum absolute atomic E-state index is 12.8. The van der Waals surface area contributed by atoms with Gasteiger partial charge in [0, 0.05) is 13.2 Å². The van der Waals surface area contributed by atoms with E-state index >= 15 is 0 Å². The molecule has 1 aromatic carbocycles. The second kappa shape index (κ2) is 7.23. The fourth-order valence-electron chi connectivity index (χ4n) is 2.71. The molecular formula is C17H13F3N4O3S2. The van der Waals surface area contributed by atoms with Gasteiger partial charge in [-0.05, 0) is 24.3 Å². The summed E-state index contributed by atoms with van der Waals surface area (Å²) in [5.74, 6) is -0.152. The van der Waals surface area contributed by atoms with E-state index in [0.717, 1.165) is 12.1 Å².